The Balaban J connectivity index is 2.20. The Kier molecular flexibility index (Phi) is 3.86. The third-order valence-corrected chi connectivity index (χ3v) is 3.55. The Labute approximate surface area is 109 Å². The molecule has 90 valence electrons. The number of ether oxygens (including phenoxy) is 1. The number of aromatic nitrogens is 1. The largest absolute Gasteiger partial charge is 0.495 e. The summed E-state index contributed by atoms with van der Waals surface area (Å²) in [6.07, 6.45) is 1.80. The van der Waals surface area contributed by atoms with Crippen LogP contribution in [-0.4, -0.2) is 12.1 Å². The second-order valence-corrected chi connectivity index (χ2v) is 4.94. The van der Waals surface area contributed by atoms with Crippen LogP contribution in [0.15, 0.2) is 29.8 Å². The summed E-state index contributed by atoms with van der Waals surface area (Å²) < 4.78 is 5.28. The van der Waals surface area contributed by atoms with E-state index in [-0.39, 0.29) is 6.04 Å². The van der Waals surface area contributed by atoms with Crippen LogP contribution in [0.2, 0.25) is 5.02 Å². The van der Waals surface area contributed by atoms with Gasteiger partial charge >= 0.3 is 0 Å². The van der Waals surface area contributed by atoms with Gasteiger partial charge in [0.15, 0.2) is 0 Å². The number of nitrogens with zero attached hydrogens (tertiary/aromatic N) is 1. The molecule has 0 saturated heterocycles. The average molecular weight is 269 g/mol. The summed E-state index contributed by atoms with van der Waals surface area (Å²) in [7, 11) is 1.64. The first-order valence-electron chi connectivity index (χ1n) is 5.20. The molecule has 1 aromatic carbocycles. The molecule has 0 amide bonds. The van der Waals surface area contributed by atoms with Crippen LogP contribution < -0.4 is 10.1 Å². The molecule has 1 N–H and O–H groups in total. The van der Waals surface area contributed by atoms with Crippen molar-refractivity contribution < 1.29 is 4.74 Å². The predicted molar refractivity (Wildman–Crippen MR) is 72.2 cm³/mol. The molecule has 0 fully saturated rings. The molecule has 2 aromatic rings. The molecule has 0 aliphatic rings. The van der Waals surface area contributed by atoms with Crippen LogP contribution in [0.4, 0.5) is 5.69 Å². The summed E-state index contributed by atoms with van der Waals surface area (Å²) in [5.74, 6) is 0.776. The zero-order valence-electron chi connectivity index (χ0n) is 9.61. The van der Waals surface area contributed by atoms with Crippen LogP contribution in [0, 0.1) is 0 Å². The Bertz CT molecular complexity index is 487. The van der Waals surface area contributed by atoms with E-state index < -0.39 is 0 Å². The molecular weight excluding hydrogens is 256 g/mol. The summed E-state index contributed by atoms with van der Waals surface area (Å²) >= 11 is 7.59. The molecule has 0 saturated carbocycles. The zero-order chi connectivity index (χ0) is 12.3. The third-order valence-electron chi connectivity index (χ3n) is 2.36. The number of nitrogens with one attached hydrogen (secondary N) is 1. The first kappa shape index (κ1) is 12.2. The molecule has 3 nitrogen and oxygen atoms in total. The van der Waals surface area contributed by atoms with Crippen molar-refractivity contribution >= 4 is 28.6 Å². The second kappa shape index (κ2) is 5.38. The number of anilines is 1. The molecule has 2 rings (SSSR count). The summed E-state index contributed by atoms with van der Waals surface area (Å²) in [6.45, 7) is 2.05. The van der Waals surface area contributed by atoms with Gasteiger partial charge in [-0.05, 0) is 25.1 Å². The van der Waals surface area contributed by atoms with Crippen LogP contribution >= 0.6 is 22.9 Å². The van der Waals surface area contributed by atoms with Crippen molar-refractivity contribution in [3.05, 3.63) is 39.8 Å². The third kappa shape index (κ3) is 2.90. The first-order valence-corrected chi connectivity index (χ1v) is 6.46. The lowest BCUT2D eigenvalue weighted by Gasteiger charge is -2.15. The highest BCUT2D eigenvalue weighted by atomic mass is 35.5. The molecule has 1 atom stereocenters. The molecule has 0 spiro atoms. The van der Waals surface area contributed by atoms with E-state index in [1.807, 2.05) is 17.5 Å². The second-order valence-electron chi connectivity index (χ2n) is 3.58. The molecule has 0 aliphatic heterocycles. The van der Waals surface area contributed by atoms with Crippen molar-refractivity contribution in [2.75, 3.05) is 12.4 Å². The Morgan fingerprint density at radius 1 is 1.47 bits per heavy atom. The number of hydrogen-bond donors (Lipinski definition) is 1. The van der Waals surface area contributed by atoms with Crippen molar-refractivity contribution in [2.45, 2.75) is 13.0 Å². The highest BCUT2D eigenvalue weighted by molar-refractivity contribution is 7.09. The van der Waals surface area contributed by atoms with E-state index in [9.17, 15) is 0 Å². The number of benzene rings is 1. The first-order chi connectivity index (χ1) is 8.20. The van der Waals surface area contributed by atoms with Gasteiger partial charge in [-0.2, -0.15) is 0 Å². The average Bonchev–Trinajstić information content (AvgIpc) is 2.83. The van der Waals surface area contributed by atoms with Gasteiger partial charge in [-0.3, -0.25) is 0 Å². The lowest BCUT2D eigenvalue weighted by Crippen LogP contribution is -2.07. The minimum atomic E-state index is 0.127. The van der Waals surface area contributed by atoms with Crippen LogP contribution in [0.25, 0.3) is 0 Å². The molecule has 0 aliphatic carbocycles. The molecular formula is C12H13ClN2OS. The van der Waals surface area contributed by atoms with Crippen LogP contribution in [-0.2, 0) is 0 Å². The van der Waals surface area contributed by atoms with Gasteiger partial charge in [0.2, 0.25) is 0 Å². The maximum atomic E-state index is 5.97. The SMILES string of the molecule is COc1ccc(Cl)cc1NC(C)c1nccs1. The standard InChI is InChI=1S/C12H13ClN2OS/c1-8(12-14-5-6-17-12)15-10-7-9(13)3-4-11(10)16-2/h3-8,15H,1-2H3. The Hall–Kier alpha value is -1.26. The van der Waals surface area contributed by atoms with Crippen LogP contribution in [0.3, 0.4) is 0 Å². The quantitative estimate of drug-likeness (QED) is 0.911. The van der Waals surface area contributed by atoms with Gasteiger partial charge in [0.1, 0.15) is 10.8 Å². The Morgan fingerprint density at radius 2 is 2.29 bits per heavy atom. The van der Waals surface area contributed by atoms with Crippen LogP contribution in [0.5, 0.6) is 5.75 Å². The molecule has 1 aromatic heterocycles. The lowest BCUT2D eigenvalue weighted by atomic mass is 10.2. The molecule has 0 radical (unpaired) electrons. The maximum absolute atomic E-state index is 5.97. The van der Waals surface area contributed by atoms with E-state index in [0.29, 0.717) is 5.02 Å². The number of rotatable bonds is 4. The number of methoxy groups -OCH3 is 1. The minimum Gasteiger partial charge on any atom is -0.495 e. The van der Waals surface area contributed by atoms with E-state index in [0.717, 1.165) is 16.4 Å². The van der Waals surface area contributed by atoms with Crippen molar-refractivity contribution in [3.63, 3.8) is 0 Å². The summed E-state index contributed by atoms with van der Waals surface area (Å²) in [6, 6.07) is 5.63. The van der Waals surface area contributed by atoms with Gasteiger partial charge in [-0.25, -0.2) is 4.98 Å². The van der Waals surface area contributed by atoms with Crippen LogP contribution in [0.1, 0.15) is 18.0 Å². The fourth-order valence-electron chi connectivity index (χ4n) is 1.54. The fraction of sp³-hybridized carbons (Fsp3) is 0.250. The van der Waals surface area contributed by atoms with E-state index in [1.165, 1.54) is 0 Å². The predicted octanol–water partition coefficient (Wildman–Crippen LogP) is 3.98. The highest BCUT2D eigenvalue weighted by Gasteiger charge is 2.11. The van der Waals surface area contributed by atoms with E-state index in [1.54, 1.807) is 30.7 Å². The van der Waals surface area contributed by atoms with Gasteiger partial charge in [0.25, 0.3) is 0 Å². The Morgan fingerprint density at radius 3 is 2.94 bits per heavy atom. The topological polar surface area (TPSA) is 34.1 Å². The van der Waals surface area contributed by atoms with Crippen molar-refractivity contribution in [3.8, 4) is 5.75 Å². The summed E-state index contributed by atoms with van der Waals surface area (Å²) in [5, 5.41) is 7.02. The molecule has 5 heteroatoms. The highest BCUT2D eigenvalue weighted by Crippen LogP contribution is 2.31. The van der Waals surface area contributed by atoms with Gasteiger partial charge in [-0.1, -0.05) is 11.6 Å². The van der Waals surface area contributed by atoms with Crippen molar-refractivity contribution in [1.82, 2.24) is 4.98 Å². The van der Waals surface area contributed by atoms with E-state index in [2.05, 4.69) is 17.2 Å². The molecule has 17 heavy (non-hydrogen) atoms. The van der Waals surface area contributed by atoms with Gasteiger partial charge in [0, 0.05) is 16.6 Å². The minimum absolute atomic E-state index is 0.127. The summed E-state index contributed by atoms with van der Waals surface area (Å²) in [4.78, 5) is 4.27. The molecule has 0 bridgehead atoms. The zero-order valence-corrected chi connectivity index (χ0v) is 11.2. The van der Waals surface area contributed by atoms with Gasteiger partial charge in [-0.15, -0.1) is 11.3 Å². The van der Waals surface area contributed by atoms with E-state index in [4.69, 9.17) is 16.3 Å². The van der Waals surface area contributed by atoms with Crippen molar-refractivity contribution in [1.29, 1.82) is 0 Å². The van der Waals surface area contributed by atoms with Gasteiger partial charge in [0.05, 0.1) is 18.8 Å². The van der Waals surface area contributed by atoms with Crippen molar-refractivity contribution in [2.24, 2.45) is 0 Å². The molecule has 1 unspecified atom stereocenters. The number of thiazole rings is 1. The molecule has 1 heterocycles. The lowest BCUT2D eigenvalue weighted by molar-refractivity contribution is 0.416. The normalized spacial score (nSPS) is 12.2. The van der Waals surface area contributed by atoms with E-state index >= 15 is 0 Å². The number of hydrogen-bond acceptors (Lipinski definition) is 4. The number of halogens is 1. The van der Waals surface area contributed by atoms with Gasteiger partial charge < -0.3 is 10.1 Å². The fourth-order valence-corrected chi connectivity index (χ4v) is 2.35. The monoisotopic (exact) mass is 268 g/mol. The maximum Gasteiger partial charge on any atom is 0.142 e. The smallest absolute Gasteiger partial charge is 0.142 e. The summed E-state index contributed by atoms with van der Waals surface area (Å²) in [5.41, 5.74) is 0.878.